The van der Waals surface area contributed by atoms with Crippen LogP contribution in [0.4, 0.5) is 0 Å². The Balaban J connectivity index is 2.71. The van der Waals surface area contributed by atoms with Gasteiger partial charge in [-0.25, -0.2) is 0 Å². The van der Waals surface area contributed by atoms with Crippen molar-refractivity contribution in [2.45, 2.75) is 20.3 Å². The van der Waals surface area contributed by atoms with Crippen LogP contribution in [0.25, 0.3) is 0 Å². The minimum atomic E-state index is -1.17. The highest BCUT2D eigenvalue weighted by Crippen LogP contribution is 2.34. The van der Waals surface area contributed by atoms with Crippen molar-refractivity contribution in [1.82, 2.24) is 0 Å². The molecule has 108 valence electrons. The van der Waals surface area contributed by atoms with Gasteiger partial charge in [0, 0.05) is 11.9 Å². The average Bonchev–Trinajstić information content (AvgIpc) is 2.26. The summed E-state index contributed by atoms with van der Waals surface area (Å²) in [7, 11) is 3.93. The van der Waals surface area contributed by atoms with E-state index in [1.165, 1.54) is 4.90 Å². The third kappa shape index (κ3) is 4.35. The smallest absolute Gasteiger partial charge is 0.310 e. The standard InChI is InChI=1S/C14H23NO4/c1-9-7-10(2)12(11(8-9)13(16)17)14(18)19-6-5-15(3)4/h7,10-12H,5-6,8H2,1-4H3,(H,16,17)/t10-,11+,12-/m1/s1. The maximum Gasteiger partial charge on any atom is 0.310 e. The molecule has 0 fully saturated rings. The summed E-state index contributed by atoms with van der Waals surface area (Å²) >= 11 is 0. The largest absolute Gasteiger partial charge is 0.550 e. The number of carbonyl (C=O) groups is 2. The second-order valence-electron chi connectivity index (χ2n) is 5.65. The molecule has 0 spiro atoms. The quantitative estimate of drug-likeness (QED) is 0.494. The number of carboxylic acid groups (broad SMARTS) is 1. The van der Waals surface area contributed by atoms with E-state index in [0.29, 0.717) is 19.6 Å². The molecule has 0 bridgehead atoms. The zero-order chi connectivity index (χ0) is 14.6. The van der Waals surface area contributed by atoms with E-state index < -0.39 is 23.8 Å². The number of rotatable bonds is 5. The number of quaternary nitrogens is 1. The van der Waals surface area contributed by atoms with Gasteiger partial charge in [0.2, 0.25) is 0 Å². The predicted octanol–water partition coefficient (Wildman–Crippen LogP) is -1.36. The normalized spacial score (nSPS) is 27.0. The van der Waals surface area contributed by atoms with Crippen molar-refractivity contribution < 1.29 is 24.3 Å². The molecule has 19 heavy (non-hydrogen) atoms. The summed E-state index contributed by atoms with van der Waals surface area (Å²) in [5.74, 6) is -3.13. The summed E-state index contributed by atoms with van der Waals surface area (Å²) in [6.45, 7) is 4.75. The maximum atomic E-state index is 12.1. The average molecular weight is 269 g/mol. The van der Waals surface area contributed by atoms with Crippen molar-refractivity contribution in [2.75, 3.05) is 27.2 Å². The molecule has 0 unspecified atom stereocenters. The molecular formula is C14H23NO4. The zero-order valence-corrected chi connectivity index (χ0v) is 12.1. The number of carbonyl (C=O) groups excluding carboxylic acids is 2. The van der Waals surface area contributed by atoms with Gasteiger partial charge < -0.3 is 19.5 Å². The third-order valence-electron chi connectivity index (χ3n) is 3.51. The number of carboxylic acids is 1. The van der Waals surface area contributed by atoms with Gasteiger partial charge in [-0.05, 0) is 19.3 Å². The number of likely N-dealkylation sites (N-methyl/N-ethyl adjacent to an activating group) is 1. The van der Waals surface area contributed by atoms with Crippen LogP contribution < -0.4 is 10.0 Å². The highest BCUT2D eigenvalue weighted by atomic mass is 16.5. The number of ether oxygens (including phenoxy) is 1. The van der Waals surface area contributed by atoms with E-state index in [2.05, 4.69) is 0 Å². The lowest BCUT2D eigenvalue weighted by molar-refractivity contribution is -0.858. The number of nitrogens with one attached hydrogen (secondary N) is 1. The first-order chi connectivity index (χ1) is 8.82. The molecule has 5 nitrogen and oxygen atoms in total. The lowest BCUT2D eigenvalue weighted by atomic mass is 9.74. The van der Waals surface area contributed by atoms with Crippen LogP contribution in [0.2, 0.25) is 0 Å². The minimum absolute atomic E-state index is 0.129. The summed E-state index contributed by atoms with van der Waals surface area (Å²) in [6, 6.07) is 0. The number of hydrogen-bond donors (Lipinski definition) is 1. The van der Waals surface area contributed by atoms with Gasteiger partial charge in [0.05, 0.1) is 20.0 Å². The van der Waals surface area contributed by atoms with Crippen LogP contribution in [0.15, 0.2) is 11.6 Å². The Morgan fingerprint density at radius 2 is 2.11 bits per heavy atom. The van der Waals surface area contributed by atoms with Gasteiger partial charge in [-0.3, -0.25) is 4.79 Å². The van der Waals surface area contributed by atoms with Crippen LogP contribution in [-0.4, -0.2) is 39.2 Å². The van der Waals surface area contributed by atoms with E-state index in [0.717, 1.165) is 5.57 Å². The predicted molar refractivity (Wildman–Crippen MR) is 68.2 cm³/mol. The van der Waals surface area contributed by atoms with Crippen LogP contribution in [0, 0.1) is 17.8 Å². The molecule has 0 radical (unpaired) electrons. The fourth-order valence-corrected chi connectivity index (χ4v) is 2.52. The van der Waals surface area contributed by atoms with Crippen molar-refractivity contribution in [3.63, 3.8) is 0 Å². The molecule has 1 aliphatic rings. The van der Waals surface area contributed by atoms with Crippen molar-refractivity contribution in [3.05, 3.63) is 11.6 Å². The fraction of sp³-hybridized carbons (Fsp3) is 0.714. The number of allylic oxidation sites excluding steroid dienone is 2. The summed E-state index contributed by atoms with van der Waals surface area (Å²) in [5, 5.41) is 11.2. The molecule has 0 amide bonds. The molecule has 1 rings (SSSR count). The monoisotopic (exact) mass is 269 g/mol. The number of esters is 1. The summed E-state index contributed by atoms with van der Waals surface area (Å²) in [4.78, 5) is 24.4. The Hall–Kier alpha value is -1.36. The molecule has 3 atom stereocenters. The SMILES string of the molecule is CC1=C[C@@H](C)[C@@H](C(=O)OCC[NH+](C)C)[C@@H](C(=O)[O-])C1. The van der Waals surface area contributed by atoms with Crippen molar-refractivity contribution in [2.24, 2.45) is 17.8 Å². The molecule has 0 aromatic carbocycles. The van der Waals surface area contributed by atoms with E-state index in [1.807, 2.05) is 34.0 Å². The molecule has 0 aromatic heterocycles. The van der Waals surface area contributed by atoms with E-state index in [1.54, 1.807) is 0 Å². The Morgan fingerprint density at radius 3 is 2.63 bits per heavy atom. The second kappa shape index (κ2) is 6.70. The summed E-state index contributed by atoms with van der Waals surface area (Å²) in [5.41, 5.74) is 0.989. The van der Waals surface area contributed by atoms with E-state index in [-0.39, 0.29) is 5.92 Å². The third-order valence-corrected chi connectivity index (χ3v) is 3.51. The molecule has 0 saturated heterocycles. The lowest BCUT2D eigenvalue weighted by Gasteiger charge is -2.34. The van der Waals surface area contributed by atoms with Gasteiger partial charge in [0.25, 0.3) is 0 Å². The fourth-order valence-electron chi connectivity index (χ4n) is 2.52. The summed E-state index contributed by atoms with van der Waals surface area (Å²) in [6.07, 6.45) is 2.31. The van der Waals surface area contributed by atoms with Gasteiger partial charge in [0.15, 0.2) is 0 Å². The van der Waals surface area contributed by atoms with E-state index >= 15 is 0 Å². The van der Waals surface area contributed by atoms with Crippen LogP contribution in [0.3, 0.4) is 0 Å². The number of hydrogen-bond acceptors (Lipinski definition) is 4. The first kappa shape index (κ1) is 15.7. The molecule has 0 aromatic rings. The minimum Gasteiger partial charge on any atom is -0.550 e. The first-order valence-electron chi connectivity index (χ1n) is 6.66. The van der Waals surface area contributed by atoms with Gasteiger partial charge in [-0.2, -0.15) is 0 Å². The maximum absolute atomic E-state index is 12.1. The van der Waals surface area contributed by atoms with Gasteiger partial charge in [-0.1, -0.05) is 18.6 Å². The van der Waals surface area contributed by atoms with Crippen LogP contribution in [0.1, 0.15) is 20.3 Å². The topological polar surface area (TPSA) is 70.9 Å². The van der Waals surface area contributed by atoms with Crippen molar-refractivity contribution in [3.8, 4) is 0 Å². The van der Waals surface area contributed by atoms with E-state index in [4.69, 9.17) is 4.74 Å². The molecule has 5 heteroatoms. The van der Waals surface area contributed by atoms with Crippen LogP contribution in [0.5, 0.6) is 0 Å². The molecule has 1 aliphatic carbocycles. The van der Waals surface area contributed by atoms with Crippen LogP contribution >= 0.6 is 0 Å². The second-order valence-corrected chi connectivity index (χ2v) is 5.65. The molecular weight excluding hydrogens is 246 g/mol. The molecule has 0 saturated carbocycles. The summed E-state index contributed by atoms with van der Waals surface area (Å²) < 4.78 is 5.20. The Labute approximate surface area is 114 Å². The molecule has 0 aliphatic heterocycles. The first-order valence-corrected chi connectivity index (χ1v) is 6.66. The van der Waals surface area contributed by atoms with Gasteiger partial charge in [-0.15, -0.1) is 0 Å². The lowest BCUT2D eigenvalue weighted by Crippen LogP contribution is -3.06. The molecule has 1 N–H and O–H groups in total. The Kier molecular flexibility index (Phi) is 5.54. The number of aliphatic carboxylic acids is 1. The highest BCUT2D eigenvalue weighted by Gasteiger charge is 2.37. The van der Waals surface area contributed by atoms with Gasteiger partial charge in [0.1, 0.15) is 13.2 Å². The Morgan fingerprint density at radius 1 is 1.47 bits per heavy atom. The van der Waals surface area contributed by atoms with Crippen LogP contribution in [-0.2, 0) is 14.3 Å². The zero-order valence-electron chi connectivity index (χ0n) is 12.1. The van der Waals surface area contributed by atoms with E-state index in [9.17, 15) is 14.7 Å². The van der Waals surface area contributed by atoms with Gasteiger partial charge >= 0.3 is 5.97 Å². The molecule has 0 heterocycles. The Bertz CT molecular complexity index is 376. The van der Waals surface area contributed by atoms with Crippen molar-refractivity contribution >= 4 is 11.9 Å². The van der Waals surface area contributed by atoms with Crippen molar-refractivity contribution in [1.29, 1.82) is 0 Å². The highest BCUT2D eigenvalue weighted by molar-refractivity contribution is 5.81.